The summed E-state index contributed by atoms with van der Waals surface area (Å²) in [5.41, 5.74) is 3.06. The molecule has 2 saturated heterocycles. The number of likely N-dealkylation sites (tertiary alicyclic amines) is 1. The smallest absolute Gasteiger partial charge is 0.266 e. The number of benzene rings is 2. The molecule has 0 bridgehead atoms. The molecule has 2 amide bonds. The molecule has 8 heteroatoms. The lowest BCUT2D eigenvalue weighted by molar-refractivity contribution is -0.133. The average molecular weight is 583 g/mol. The SMILES string of the molecule is CC1CCN(C(=O)Cn2cc(/C=C3\SC(=S)N(CCc4ccccc4)C3=O)c3cc(Br)ccc32)CC1. The van der Waals surface area contributed by atoms with Crippen molar-refractivity contribution >= 4 is 73.0 Å². The Balaban J connectivity index is 1.38. The summed E-state index contributed by atoms with van der Waals surface area (Å²) in [6.45, 7) is 4.74. The van der Waals surface area contributed by atoms with Crippen LogP contribution in [0.25, 0.3) is 17.0 Å². The number of carbonyl (C=O) groups excluding carboxylic acids is 2. The molecule has 186 valence electrons. The minimum atomic E-state index is -0.0599. The molecule has 0 atom stereocenters. The number of hydrogen-bond donors (Lipinski definition) is 0. The van der Waals surface area contributed by atoms with Crippen LogP contribution in [0.15, 0.2) is 64.1 Å². The van der Waals surface area contributed by atoms with E-state index in [4.69, 9.17) is 12.2 Å². The van der Waals surface area contributed by atoms with Crippen LogP contribution in [0.4, 0.5) is 0 Å². The highest BCUT2D eigenvalue weighted by atomic mass is 79.9. The van der Waals surface area contributed by atoms with Crippen molar-refractivity contribution in [3.05, 3.63) is 75.2 Å². The first-order valence-electron chi connectivity index (χ1n) is 12.2. The summed E-state index contributed by atoms with van der Waals surface area (Å²) in [5.74, 6) is 0.757. The highest BCUT2D eigenvalue weighted by molar-refractivity contribution is 9.10. The van der Waals surface area contributed by atoms with Gasteiger partial charge >= 0.3 is 0 Å². The van der Waals surface area contributed by atoms with Crippen LogP contribution >= 0.6 is 39.9 Å². The van der Waals surface area contributed by atoms with E-state index >= 15 is 0 Å². The Morgan fingerprint density at radius 3 is 2.67 bits per heavy atom. The number of fused-ring (bicyclic) bond motifs is 1. The van der Waals surface area contributed by atoms with Crippen LogP contribution in [0.5, 0.6) is 0 Å². The fourth-order valence-electron chi connectivity index (χ4n) is 4.77. The highest BCUT2D eigenvalue weighted by Gasteiger charge is 2.32. The number of piperidine rings is 1. The Bertz CT molecular complexity index is 1340. The maximum absolute atomic E-state index is 13.2. The van der Waals surface area contributed by atoms with Gasteiger partial charge in [0.1, 0.15) is 10.9 Å². The summed E-state index contributed by atoms with van der Waals surface area (Å²) < 4.78 is 3.54. The predicted molar refractivity (Wildman–Crippen MR) is 155 cm³/mol. The lowest BCUT2D eigenvalue weighted by atomic mass is 9.99. The van der Waals surface area contributed by atoms with E-state index in [0.717, 1.165) is 53.3 Å². The quantitative estimate of drug-likeness (QED) is 0.260. The molecule has 5 nitrogen and oxygen atoms in total. The van der Waals surface area contributed by atoms with E-state index in [1.165, 1.54) is 17.3 Å². The molecular formula is C28H28BrN3O2S2. The van der Waals surface area contributed by atoms with E-state index in [2.05, 4.69) is 35.0 Å². The van der Waals surface area contributed by atoms with Crippen LogP contribution in [-0.4, -0.2) is 50.1 Å². The van der Waals surface area contributed by atoms with Gasteiger partial charge < -0.3 is 9.47 Å². The molecule has 0 N–H and O–H groups in total. The van der Waals surface area contributed by atoms with Gasteiger partial charge in [0.15, 0.2) is 0 Å². The van der Waals surface area contributed by atoms with Crippen molar-refractivity contribution in [2.75, 3.05) is 19.6 Å². The number of halogens is 1. The Kier molecular flexibility index (Phi) is 7.65. The summed E-state index contributed by atoms with van der Waals surface area (Å²) in [6, 6.07) is 16.2. The van der Waals surface area contributed by atoms with Crippen molar-refractivity contribution in [2.24, 2.45) is 5.92 Å². The maximum atomic E-state index is 13.2. The molecule has 3 aromatic rings. The fourth-order valence-corrected chi connectivity index (χ4v) is 6.43. The molecule has 1 aromatic heterocycles. The number of thioether (sulfide) groups is 1. The molecule has 2 aliphatic heterocycles. The zero-order chi connectivity index (χ0) is 25.2. The normalized spacial score (nSPS) is 18.1. The molecule has 0 radical (unpaired) electrons. The lowest BCUT2D eigenvalue weighted by Gasteiger charge is -2.30. The summed E-state index contributed by atoms with van der Waals surface area (Å²) in [6.07, 6.45) is 6.77. The van der Waals surface area contributed by atoms with E-state index in [9.17, 15) is 9.59 Å². The van der Waals surface area contributed by atoms with Gasteiger partial charge in [0.2, 0.25) is 5.91 Å². The zero-order valence-electron chi connectivity index (χ0n) is 20.2. The van der Waals surface area contributed by atoms with Gasteiger partial charge in [-0.05, 0) is 55.0 Å². The Morgan fingerprint density at radius 1 is 1.17 bits per heavy atom. The molecule has 0 unspecified atom stereocenters. The first-order chi connectivity index (χ1) is 17.4. The molecule has 2 aromatic carbocycles. The van der Waals surface area contributed by atoms with Crippen LogP contribution in [-0.2, 0) is 22.6 Å². The van der Waals surface area contributed by atoms with E-state index < -0.39 is 0 Å². The van der Waals surface area contributed by atoms with Crippen molar-refractivity contribution in [1.82, 2.24) is 14.4 Å². The Labute approximate surface area is 229 Å². The monoisotopic (exact) mass is 581 g/mol. The van der Waals surface area contributed by atoms with Gasteiger partial charge in [0.05, 0.1) is 4.91 Å². The van der Waals surface area contributed by atoms with Gasteiger partial charge in [-0.2, -0.15) is 0 Å². The van der Waals surface area contributed by atoms with E-state index in [1.54, 1.807) is 4.90 Å². The standard InChI is InChI=1S/C28H28BrN3O2S2/c1-19-9-12-30(13-10-19)26(33)18-31-17-21(23-16-22(29)7-8-24(23)31)15-25-27(34)32(28(35)36-25)14-11-20-5-3-2-4-6-20/h2-8,15-17,19H,9-14,18H2,1H3/b25-15-. The van der Waals surface area contributed by atoms with Gasteiger partial charge in [-0.15, -0.1) is 0 Å². The molecule has 0 saturated carbocycles. The summed E-state index contributed by atoms with van der Waals surface area (Å²) in [7, 11) is 0. The Morgan fingerprint density at radius 2 is 1.92 bits per heavy atom. The van der Waals surface area contributed by atoms with Crippen LogP contribution in [0.3, 0.4) is 0 Å². The average Bonchev–Trinajstić information content (AvgIpc) is 3.34. The number of hydrogen-bond acceptors (Lipinski definition) is 4. The second-order valence-electron chi connectivity index (χ2n) is 9.51. The molecule has 5 rings (SSSR count). The first kappa shape index (κ1) is 25.2. The van der Waals surface area contributed by atoms with Crippen LogP contribution in [0, 0.1) is 5.92 Å². The lowest BCUT2D eigenvalue weighted by Crippen LogP contribution is -2.39. The maximum Gasteiger partial charge on any atom is 0.266 e. The predicted octanol–water partition coefficient (Wildman–Crippen LogP) is 6.11. The van der Waals surface area contributed by atoms with Gasteiger partial charge in [-0.1, -0.05) is 77.2 Å². The minimum absolute atomic E-state index is 0.0599. The van der Waals surface area contributed by atoms with Gasteiger partial charge in [0.25, 0.3) is 5.91 Å². The minimum Gasteiger partial charge on any atom is -0.341 e. The number of amides is 2. The van der Waals surface area contributed by atoms with Crippen molar-refractivity contribution in [3.8, 4) is 0 Å². The third-order valence-electron chi connectivity index (χ3n) is 6.94. The molecular weight excluding hydrogens is 554 g/mol. The molecule has 36 heavy (non-hydrogen) atoms. The molecule has 2 aliphatic rings. The number of nitrogens with zero attached hydrogens (tertiary/aromatic N) is 3. The molecule has 0 aliphatic carbocycles. The van der Waals surface area contributed by atoms with Crippen LogP contribution in [0.2, 0.25) is 0 Å². The third-order valence-corrected chi connectivity index (χ3v) is 8.81. The number of rotatable bonds is 6. The van der Waals surface area contributed by atoms with E-state index in [0.29, 0.717) is 28.2 Å². The largest absolute Gasteiger partial charge is 0.341 e. The zero-order valence-corrected chi connectivity index (χ0v) is 23.4. The second kappa shape index (κ2) is 10.9. The van der Waals surface area contributed by atoms with Crippen LogP contribution in [0.1, 0.15) is 30.9 Å². The second-order valence-corrected chi connectivity index (χ2v) is 12.1. The van der Waals surface area contributed by atoms with Gasteiger partial charge in [0, 0.05) is 46.8 Å². The van der Waals surface area contributed by atoms with Gasteiger partial charge in [-0.25, -0.2) is 0 Å². The van der Waals surface area contributed by atoms with Crippen molar-refractivity contribution in [2.45, 2.75) is 32.7 Å². The summed E-state index contributed by atoms with van der Waals surface area (Å²) in [4.78, 5) is 30.6. The highest BCUT2D eigenvalue weighted by Crippen LogP contribution is 2.35. The third kappa shape index (κ3) is 5.45. The van der Waals surface area contributed by atoms with Crippen molar-refractivity contribution < 1.29 is 9.59 Å². The summed E-state index contributed by atoms with van der Waals surface area (Å²) in [5, 5.41) is 0.999. The van der Waals surface area contributed by atoms with Crippen molar-refractivity contribution in [3.63, 3.8) is 0 Å². The number of aromatic nitrogens is 1. The van der Waals surface area contributed by atoms with E-state index in [1.807, 2.05) is 58.1 Å². The number of carbonyl (C=O) groups is 2. The molecule has 2 fully saturated rings. The number of thiocarbonyl (C=S) groups is 1. The van der Waals surface area contributed by atoms with Crippen LogP contribution < -0.4 is 0 Å². The van der Waals surface area contributed by atoms with Crippen molar-refractivity contribution in [1.29, 1.82) is 0 Å². The first-order valence-corrected chi connectivity index (χ1v) is 14.3. The summed E-state index contributed by atoms with van der Waals surface area (Å²) >= 11 is 10.5. The fraction of sp³-hybridized carbons (Fsp3) is 0.321. The van der Waals surface area contributed by atoms with E-state index in [-0.39, 0.29) is 11.8 Å². The Hall–Kier alpha value is -2.42. The topological polar surface area (TPSA) is 45.6 Å². The van der Waals surface area contributed by atoms with Gasteiger partial charge in [-0.3, -0.25) is 14.5 Å². The molecule has 0 spiro atoms. The molecule has 3 heterocycles.